The zero-order valence-corrected chi connectivity index (χ0v) is 25.0. The number of benzene rings is 3. The van der Waals surface area contributed by atoms with E-state index in [0.717, 1.165) is 5.69 Å². The van der Waals surface area contributed by atoms with Crippen LogP contribution in [0.25, 0.3) is 5.57 Å². The van der Waals surface area contributed by atoms with Crippen molar-refractivity contribution < 1.29 is 60.6 Å². The third-order valence-electron chi connectivity index (χ3n) is 6.05. The standard InChI is InChI=1S/C28H25NO7S2.Na/c1-2-29(19-20-6-5-7-25(18-20)37(31,32)33)23-14-10-21(11-15-23)28(22-12-16-24(30)17-13-22)26-8-3-4-9-27(26)38(34,35)36;/h3-18H,2,19H2,1H3,(H2-,31,32,33,34,35,36);/q;+1. The quantitative estimate of drug-likeness (QED) is 0.237. The van der Waals surface area contributed by atoms with E-state index >= 15 is 0 Å². The molecule has 1 atom stereocenters. The van der Waals surface area contributed by atoms with Crippen molar-refractivity contribution in [3.8, 4) is 0 Å². The van der Waals surface area contributed by atoms with Gasteiger partial charge in [-0.05, 0) is 65.6 Å². The monoisotopic (exact) mass is 574 g/mol. The Bertz CT molecular complexity index is 1600. The summed E-state index contributed by atoms with van der Waals surface area (Å²) in [4.78, 5) is 13.3. The molecule has 1 unspecified atom stereocenters. The van der Waals surface area contributed by atoms with E-state index in [-0.39, 0.29) is 50.7 Å². The summed E-state index contributed by atoms with van der Waals surface area (Å²) in [5.74, 6) is -0.192. The molecule has 0 radical (unpaired) electrons. The van der Waals surface area contributed by atoms with Gasteiger partial charge < -0.3 is 9.45 Å². The molecule has 0 heterocycles. The van der Waals surface area contributed by atoms with E-state index in [1.165, 1.54) is 36.4 Å². The van der Waals surface area contributed by atoms with Crippen molar-refractivity contribution in [3.63, 3.8) is 0 Å². The first-order valence-electron chi connectivity index (χ1n) is 11.6. The molecule has 0 aromatic heterocycles. The molecule has 4 rings (SSSR count). The minimum Gasteiger partial charge on any atom is -0.582 e. The van der Waals surface area contributed by atoms with Crippen molar-refractivity contribution in [3.05, 3.63) is 119 Å². The van der Waals surface area contributed by atoms with Gasteiger partial charge in [-0.3, -0.25) is 9.35 Å². The normalized spacial score (nSPS) is 14.5. The molecule has 0 bridgehead atoms. The maximum Gasteiger partial charge on any atom is 1.00 e. The maximum atomic E-state index is 12.1. The second kappa shape index (κ2) is 12.7. The van der Waals surface area contributed by atoms with E-state index in [1.807, 2.05) is 36.1 Å². The molecule has 1 aliphatic carbocycles. The number of carbonyl (C=O) groups is 1. The van der Waals surface area contributed by atoms with Crippen LogP contribution in [0.15, 0.2) is 112 Å². The average Bonchev–Trinajstić information content (AvgIpc) is 2.88. The predicted molar refractivity (Wildman–Crippen MR) is 145 cm³/mol. The van der Waals surface area contributed by atoms with Crippen LogP contribution < -0.4 is 34.5 Å². The third kappa shape index (κ3) is 7.50. The van der Waals surface area contributed by atoms with E-state index in [1.54, 1.807) is 36.4 Å². The minimum atomic E-state index is -4.53. The Morgan fingerprint density at radius 3 is 2.18 bits per heavy atom. The van der Waals surface area contributed by atoms with Crippen molar-refractivity contribution in [2.45, 2.75) is 23.3 Å². The third-order valence-corrected chi connectivity index (χ3v) is 7.81. The summed E-state index contributed by atoms with van der Waals surface area (Å²) in [6, 6.07) is 19.5. The Morgan fingerprint density at radius 1 is 0.949 bits per heavy atom. The molecule has 2 N–H and O–H groups in total. The molecule has 0 spiro atoms. The zero-order chi connectivity index (χ0) is 27.5. The van der Waals surface area contributed by atoms with E-state index < -0.39 is 20.6 Å². The fraction of sp³-hybridized carbons (Fsp3) is 0.107. The molecule has 0 saturated heterocycles. The molecule has 8 nitrogen and oxygen atoms in total. The molecule has 39 heavy (non-hydrogen) atoms. The summed E-state index contributed by atoms with van der Waals surface area (Å²) in [6.45, 7) is 2.93. The summed E-state index contributed by atoms with van der Waals surface area (Å²) in [7, 11) is -8.85. The van der Waals surface area contributed by atoms with Gasteiger partial charge in [0.25, 0.3) is 10.1 Å². The van der Waals surface area contributed by atoms with Crippen LogP contribution in [0.3, 0.4) is 0 Å². The van der Waals surface area contributed by atoms with Gasteiger partial charge in [0.15, 0.2) is 10.7 Å². The van der Waals surface area contributed by atoms with Crippen LogP contribution in [-0.4, -0.2) is 34.4 Å². The summed E-state index contributed by atoms with van der Waals surface area (Å²) in [5, 5.41) is 0. The Morgan fingerprint density at radius 2 is 1.59 bits per heavy atom. The Balaban J connectivity index is 0.00000420. The zero-order valence-electron chi connectivity index (χ0n) is 21.4. The van der Waals surface area contributed by atoms with Gasteiger partial charge in [-0.1, -0.05) is 58.8 Å². The van der Waals surface area contributed by atoms with Gasteiger partial charge in [-0.2, -0.15) is 13.0 Å². The Hall–Kier alpha value is -2.67. The predicted octanol–water partition coefficient (Wildman–Crippen LogP) is 1.92. The van der Waals surface area contributed by atoms with Crippen LogP contribution in [0.1, 0.15) is 23.6 Å². The molecule has 11 heteroatoms. The number of allylic oxidation sites excluding steroid dienone is 5. The van der Waals surface area contributed by atoms with Crippen molar-refractivity contribution in [1.29, 1.82) is 0 Å². The van der Waals surface area contributed by atoms with Gasteiger partial charge >= 0.3 is 29.6 Å². The number of hydrogen-bond acceptors (Lipinski definition) is 6. The Kier molecular flexibility index (Phi) is 10.0. The summed E-state index contributed by atoms with van der Waals surface area (Å²) >= 11 is 0. The minimum absolute atomic E-state index is 0. The summed E-state index contributed by atoms with van der Waals surface area (Å²) < 4.78 is 66.6. The molecule has 0 amide bonds. The van der Waals surface area contributed by atoms with Crippen molar-refractivity contribution in [1.82, 2.24) is 0 Å². The number of ketones is 1. The molecular formula is C28H25NNaO7S2+. The van der Waals surface area contributed by atoms with Crippen molar-refractivity contribution in [2.24, 2.45) is 0 Å². The van der Waals surface area contributed by atoms with Crippen LogP contribution in [-0.2, 0) is 36.2 Å². The topological polar surface area (TPSA) is 135 Å². The fourth-order valence-electron chi connectivity index (χ4n) is 4.25. The largest absolute Gasteiger partial charge is 1.00 e. The average molecular weight is 575 g/mol. The van der Waals surface area contributed by atoms with Gasteiger partial charge in [0, 0.05) is 30.4 Å². The second-order valence-electron chi connectivity index (χ2n) is 8.55. The SMILES string of the molecule is CCN(Cc1cccc([S+](=O)([O-])O)c1)c1ccc(C(=C2C=CC(=O)C=C2)c2ccccc2S(=O)(=O)O)cc1.[Na+]. The molecule has 0 saturated carbocycles. The summed E-state index contributed by atoms with van der Waals surface area (Å²) in [5.41, 5.74) is 3.59. The van der Waals surface area contributed by atoms with Crippen LogP contribution >= 0.6 is 0 Å². The maximum absolute atomic E-state index is 12.1. The molecule has 3 aromatic carbocycles. The first kappa shape index (κ1) is 30.9. The van der Waals surface area contributed by atoms with Crippen LogP contribution in [0.2, 0.25) is 0 Å². The van der Waals surface area contributed by atoms with Gasteiger partial charge in [0.1, 0.15) is 4.90 Å². The first-order chi connectivity index (χ1) is 18.0. The van der Waals surface area contributed by atoms with E-state index in [0.29, 0.717) is 35.4 Å². The number of anilines is 1. The van der Waals surface area contributed by atoms with Crippen LogP contribution in [0.4, 0.5) is 5.69 Å². The van der Waals surface area contributed by atoms with E-state index in [9.17, 15) is 31.1 Å². The molecule has 0 fully saturated rings. The fourth-order valence-corrected chi connectivity index (χ4v) is 5.50. The molecule has 3 aromatic rings. The van der Waals surface area contributed by atoms with Crippen molar-refractivity contribution >= 4 is 37.7 Å². The molecular weight excluding hydrogens is 549 g/mol. The van der Waals surface area contributed by atoms with Gasteiger partial charge in [-0.25, -0.2) is 0 Å². The molecule has 1 aliphatic rings. The second-order valence-corrected chi connectivity index (χ2v) is 11.4. The number of carbonyl (C=O) groups excluding carboxylic acids is 1. The Labute approximate surface area is 250 Å². The number of hydrogen-bond donors (Lipinski definition) is 2. The van der Waals surface area contributed by atoms with E-state index in [4.69, 9.17) is 0 Å². The van der Waals surface area contributed by atoms with Crippen LogP contribution in [0.5, 0.6) is 0 Å². The molecule has 0 aliphatic heterocycles. The van der Waals surface area contributed by atoms with E-state index in [2.05, 4.69) is 0 Å². The van der Waals surface area contributed by atoms with Gasteiger partial charge in [0.05, 0.1) is 0 Å². The van der Waals surface area contributed by atoms with Crippen LogP contribution in [0, 0.1) is 0 Å². The van der Waals surface area contributed by atoms with Gasteiger partial charge in [-0.15, -0.1) is 0 Å². The smallest absolute Gasteiger partial charge is 0.582 e. The number of rotatable bonds is 8. The summed E-state index contributed by atoms with van der Waals surface area (Å²) in [6.07, 6.45) is 5.98. The first-order valence-corrected chi connectivity index (χ1v) is 14.5. The molecule has 196 valence electrons. The number of nitrogens with zero attached hydrogens (tertiary/aromatic N) is 1. The van der Waals surface area contributed by atoms with Crippen molar-refractivity contribution in [2.75, 3.05) is 11.4 Å². The van der Waals surface area contributed by atoms with Gasteiger partial charge in [0.2, 0.25) is 10.5 Å².